The van der Waals surface area contributed by atoms with Gasteiger partial charge in [0.2, 0.25) is 5.88 Å². The van der Waals surface area contributed by atoms with E-state index in [-0.39, 0.29) is 5.82 Å². The number of aromatic nitrogens is 1. The van der Waals surface area contributed by atoms with E-state index >= 15 is 0 Å². The van der Waals surface area contributed by atoms with E-state index in [1.807, 2.05) is 6.07 Å². The lowest BCUT2D eigenvalue weighted by Gasteiger charge is -2.20. The molecule has 28 heavy (non-hydrogen) atoms. The molecule has 0 atom stereocenters. The van der Waals surface area contributed by atoms with Crippen LogP contribution in [0.4, 0.5) is 4.39 Å². The first-order chi connectivity index (χ1) is 13.8. The normalized spacial score (nSPS) is 15.9. The van der Waals surface area contributed by atoms with Crippen LogP contribution in [0.15, 0.2) is 39.7 Å². The highest BCUT2D eigenvalue weighted by Crippen LogP contribution is 2.38. The van der Waals surface area contributed by atoms with Crippen molar-refractivity contribution in [1.29, 1.82) is 0 Å². The number of methoxy groups -OCH3 is 1. The molecule has 0 saturated carbocycles. The van der Waals surface area contributed by atoms with Crippen molar-refractivity contribution in [3.63, 3.8) is 0 Å². The van der Waals surface area contributed by atoms with Crippen molar-refractivity contribution in [2.24, 2.45) is 15.4 Å². The van der Waals surface area contributed by atoms with Gasteiger partial charge in [-0.1, -0.05) is 18.6 Å². The number of aryl methyl sites for hydroxylation is 1. The van der Waals surface area contributed by atoms with E-state index in [1.165, 1.54) is 6.07 Å². The molecule has 0 N–H and O–H groups in total. The Labute approximate surface area is 163 Å². The maximum atomic E-state index is 14.1. The summed E-state index contributed by atoms with van der Waals surface area (Å²) in [5.41, 5.74) is 5.41. The molecule has 0 fully saturated rings. The van der Waals surface area contributed by atoms with Crippen LogP contribution in [0.2, 0.25) is 0 Å². The van der Waals surface area contributed by atoms with Gasteiger partial charge in [-0.3, -0.25) is 0 Å². The second kappa shape index (κ2) is 8.56. The molecule has 0 unspecified atom stereocenters. The monoisotopic (exact) mass is 382 g/mol. The van der Waals surface area contributed by atoms with Crippen LogP contribution in [0.25, 0.3) is 11.1 Å². The maximum absolute atomic E-state index is 14.1. The molecule has 2 aliphatic rings. The topological polar surface area (TPSA) is 68.4 Å². The van der Waals surface area contributed by atoms with Gasteiger partial charge in [0, 0.05) is 18.4 Å². The fraction of sp³-hybridized carbons (Fsp3) is 0.429. The number of rotatable bonds is 6. The lowest BCUT2D eigenvalue weighted by Crippen LogP contribution is -2.16. The smallest absolute Gasteiger partial charge is 0.223 e. The van der Waals surface area contributed by atoms with Gasteiger partial charge >= 0.3 is 0 Å². The lowest BCUT2D eigenvalue weighted by atomic mass is 9.89. The van der Waals surface area contributed by atoms with Gasteiger partial charge in [0.1, 0.15) is 24.7 Å². The van der Waals surface area contributed by atoms with Crippen LogP contribution in [-0.4, -0.2) is 37.6 Å². The van der Waals surface area contributed by atoms with E-state index < -0.39 is 0 Å². The SMILES string of the molecule is COCCOc1nc2c(c(-c3cccc(F)c3)c1C1=NN=NC1)CCCCC2. The molecule has 2 aromatic rings. The average molecular weight is 382 g/mol. The molecule has 146 valence electrons. The second-order valence-electron chi connectivity index (χ2n) is 6.94. The number of ether oxygens (including phenoxy) is 2. The average Bonchev–Trinajstić information content (AvgIpc) is 3.12. The number of fused-ring (bicyclic) bond motifs is 1. The molecule has 1 aromatic carbocycles. The predicted molar refractivity (Wildman–Crippen MR) is 105 cm³/mol. The van der Waals surface area contributed by atoms with Crippen LogP contribution in [0, 0.1) is 5.82 Å². The molecule has 7 heteroatoms. The molecule has 0 amide bonds. The number of nitrogens with zero attached hydrogens (tertiary/aromatic N) is 4. The Morgan fingerprint density at radius 1 is 1.07 bits per heavy atom. The third kappa shape index (κ3) is 3.80. The second-order valence-corrected chi connectivity index (χ2v) is 6.94. The van der Waals surface area contributed by atoms with Gasteiger partial charge < -0.3 is 9.47 Å². The fourth-order valence-electron chi connectivity index (χ4n) is 3.80. The molecule has 0 saturated heterocycles. The predicted octanol–water partition coefficient (Wildman–Crippen LogP) is 4.35. The Bertz CT molecular complexity index is 927. The molecule has 0 bridgehead atoms. The number of halogens is 1. The van der Waals surface area contributed by atoms with Gasteiger partial charge in [0.25, 0.3) is 0 Å². The highest BCUT2D eigenvalue weighted by molar-refractivity contribution is 6.10. The van der Waals surface area contributed by atoms with Crippen LogP contribution in [-0.2, 0) is 17.6 Å². The molecule has 0 radical (unpaired) electrons. The highest BCUT2D eigenvalue weighted by atomic mass is 19.1. The molecule has 1 aliphatic carbocycles. The largest absolute Gasteiger partial charge is 0.475 e. The van der Waals surface area contributed by atoms with E-state index in [4.69, 9.17) is 14.5 Å². The summed E-state index contributed by atoms with van der Waals surface area (Å²) in [6.45, 7) is 1.19. The van der Waals surface area contributed by atoms with E-state index in [1.54, 1.807) is 19.2 Å². The number of hydrogen-bond donors (Lipinski definition) is 0. The summed E-state index contributed by atoms with van der Waals surface area (Å²) in [5, 5.41) is 12.0. The van der Waals surface area contributed by atoms with Gasteiger partial charge in [-0.15, -0.1) is 5.10 Å². The van der Waals surface area contributed by atoms with Crippen LogP contribution in [0.1, 0.15) is 36.1 Å². The van der Waals surface area contributed by atoms with Crippen molar-refractivity contribution in [2.45, 2.75) is 32.1 Å². The van der Waals surface area contributed by atoms with Gasteiger partial charge in [-0.2, -0.15) is 5.11 Å². The Morgan fingerprint density at radius 2 is 1.96 bits per heavy atom. The third-order valence-corrected chi connectivity index (χ3v) is 5.07. The van der Waals surface area contributed by atoms with Crippen molar-refractivity contribution in [3.05, 3.63) is 46.9 Å². The summed E-state index contributed by atoms with van der Waals surface area (Å²) in [5.74, 6) is 0.232. The molecule has 4 rings (SSSR count). The fourth-order valence-corrected chi connectivity index (χ4v) is 3.80. The lowest BCUT2D eigenvalue weighted by molar-refractivity contribution is 0.143. The maximum Gasteiger partial charge on any atom is 0.223 e. The van der Waals surface area contributed by atoms with Gasteiger partial charge in [0.05, 0.1) is 12.2 Å². The number of benzene rings is 1. The zero-order valence-corrected chi connectivity index (χ0v) is 15.9. The van der Waals surface area contributed by atoms with Crippen molar-refractivity contribution >= 4 is 5.71 Å². The van der Waals surface area contributed by atoms with Gasteiger partial charge in [-0.25, -0.2) is 9.37 Å². The Kier molecular flexibility index (Phi) is 5.71. The number of hydrogen-bond acceptors (Lipinski definition) is 6. The van der Waals surface area contributed by atoms with E-state index in [0.29, 0.717) is 31.4 Å². The first kappa shape index (κ1) is 18.7. The summed E-state index contributed by atoms with van der Waals surface area (Å²) < 4.78 is 25.2. The summed E-state index contributed by atoms with van der Waals surface area (Å²) in [7, 11) is 1.63. The Hall–Kier alpha value is -2.67. The standard InChI is InChI=1S/C21H23FN4O2/c1-27-10-11-28-21-20(18-13-23-26-25-18)19(14-6-5-7-15(22)12-14)16-8-3-2-4-9-17(16)24-21/h5-7,12H,2-4,8-11,13H2,1H3. The molecular weight excluding hydrogens is 359 g/mol. The quantitative estimate of drug-likeness (QED) is 0.551. The molecule has 2 heterocycles. The summed E-state index contributed by atoms with van der Waals surface area (Å²) in [6, 6.07) is 6.67. The molecule has 1 aliphatic heterocycles. The van der Waals surface area contributed by atoms with Crippen LogP contribution in [0.5, 0.6) is 5.88 Å². The van der Waals surface area contributed by atoms with Crippen LogP contribution < -0.4 is 4.74 Å². The van der Waals surface area contributed by atoms with Crippen molar-refractivity contribution in [3.8, 4) is 17.0 Å². The molecule has 0 spiro atoms. The minimum atomic E-state index is -0.271. The van der Waals surface area contributed by atoms with Gasteiger partial charge in [-0.05, 0) is 54.2 Å². The van der Waals surface area contributed by atoms with Crippen LogP contribution in [0.3, 0.4) is 0 Å². The minimum absolute atomic E-state index is 0.271. The summed E-state index contributed by atoms with van der Waals surface area (Å²) in [6.07, 6.45) is 5.12. The molecular formula is C21H23FN4O2. The van der Waals surface area contributed by atoms with Crippen molar-refractivity contribution in [1.82, 2.24) is 4.98 Å². The van der Waals surface area contributed by atoms with Crippen molar-refractivity contribution < 1.29 is 13.9 Å². The highest BCUT2D eigenvalue weighted by Gasteiger charge is 2.27. The van der Waals surface area contributed by atoms with Crippen LogP contribution >= 0.6 is 0 Å². The zero-order valence-electron chi connectivity index (χ0n) is 15.9. The zero-order chi connectivity index (χ0) is 19.3. The van der Waals surface area contributed by atoms with E-state index in [0.717, 1.165) is 60.1 Å². The number of pyridine rings is 1. The molecule has 6 nitrogen and oxygen atoms in total. The summed E-state index contributed by atoms with van der Waals surface area (Å²) in [4.78, 5) is 4.86. The van der Waals surface area contributed by atoms with E-state index in [2.05, 4.69) is 15.4 Å². The molecule has 1 aromatic heterocycles. The Morgan fingerprint density at radius 3 is 2.75 bits per heavy atom. The first-order valence-corrected chi connectivity index (χ1v) is 9.65. The van der Waals surface area contributed by atoms with E-state index in [9.17, 15) is 4.39 Å². The first-order valence-electron chi connectivity index (χ1n) is 9.65. The van der Waals surface area contributed by atoms with Gasteiger partial charge in [0.15, 0.2) is 0 Å². The minimum Gasteiger partial charge on any atom is -0.475 e. The van der Waals surface area contributed by atoms with Crippen molar-refractivity contribution in [2.75, 3.05) is 26.9 Å². The Balaban J connectivity index is 1.94. The third-order valence-electron chi connectivity index (χ3n) is 5.07. The summed E-state index contributed by atoms with van der Waals surface area (Å²) >= 11 is 0.